The summed E-state index contributed by atoms with van der Waals surface area (Å²) in [6.45, 7) is 4.32. The van der Waals surface area contributed by atoms with Gasteiger partial charge in [0.25, 0.3) is 0 Å². The summed E-state index contributed by atoms with van der Waals surface area (Å²) in [6.07, 6.45) is 7.32. The second kappa shape index (κ2) is 4.64. The van der Waals surface area contributed by atoms with Crippen LogP contribution in [0, 0.1) is 0 Å². The molecule has 0 bridgehead atoms. The Hall–Kier alpha value is -1.38. The van der Waals surface area contributed by atoms with Crippen LogP contribution in [-0.2, 0) is 11.2 Å². The van der Waals surface area contributed by atoms with Gasteiger partial charge in [0.2, 0.25) is 0 Å². The largest absolute Gasteiger partial charge is 0.295 e. The molecule has 86 valence electrons. The summed E-state index contributed by atoms with van der Waals surface area (Å²) in [7, 11) is 0. The molecule has 3 nitrogen and oxygen atoms in total. The van der Waals surface area contributed by atoms with Gasteiger partial charge in [0.15, 0.2) is 5.78 Å². The second-order valence-electron chi connectivity index (χ2n) is 4.49. The van der Waals surface area contributed by atoms with E-state index in [1.807, 2.05) is 10.9 Å². The fourth-order valence-corrected chi connectivity index (χ4v) is 1.93. The van der Waals surface area contributed by atoms with Gasteiger partial charge in [-0.15, -0.1) is 0 Å². The molecule has 0 N–H and O–H groups in total. The number of allylic oxidation sites excluding steroid dienone is 2. The van der Waals surface area contributed by atoms with Crippen LogP contribution in [0.15, 0.2) is 23.9 Å². The van der Waals surface area contributed by atoms with Crippen LogP contribution in [0.25, 0.3) is 0 Å². The van der Waals surface area contributed by atoms with E-state index in [4.69, 9.17) is 0 Å². The first-order valence-electron chi connectivity index (χ1n) is 5.95. The standard InChI is InChI=1S/C13H18N2O/c1-3-10(2)15-7-6-12(14-15)8-11-4-5-13(16)9-11/h6-7,9-10H,3-5,8H2,1-2H3. The maximum Gasteiger partial charge on any atom is 0.155 e. The van der Waals surface area contributed by atoms with Gasteiger partial charge >= 0.3 is 0 Å². The molecule has 2 rings (SSSR count). The van der Waals surface area contributed by atoms with E-state index in [-0.39, 0.29) is 5.78 Å². The molecule has 1 aliphatic carbocycles. The third-order valence-corrected chi connectivity index (χ3v) is 3.17. The number of rotatable bonds is 4. The molecule has 1 aromatic rings. The molecule has 0 fully saturated rings. The van der Waals surface area contributed by atoms with Crippen LogP contribution in [0.2, 0.25) is 0 Å². The highest BCUT2D eigenvalue weighted by molar-refractivity contribution is 5.93. The lowest BCUT2D eigenvalue weighted by atomic mass is 10.1. The van der Waals surface area contributed by atoms with Gasteiger partial charge in [0.1, 0.15) is 0 Å². The van der Waals surface area contributed by atoms with Crippen molar-refractivity contribution in [3.8, 4) is 0 Å². The van der Waals surface area contributed by atoms with Crippen LogP contribution in [0.3, 0.4) is 0 Å². The van der Waals surface area contributed by atoms with Crippen LogP contribution in [0.5, 0.6) is 0 Å². The average Bonchev–Trinajstić information content (AvgIpc) is 2.87. The molecule has 0 radical (unpaired) electrons. The van der Waals surface area contributed by atoms with Crippen LogP contribution in [0.1, 0.15) is 44.8 Å². The molecule has 0 saturated carbocycles. The Morgan fingerprint density at radius 3 is 2.94 bits per heavy atom. The topological polar surface area (TPSA) is 34.9 Å². The minimum atomic E-state index is 0.261. The zero-order valence-corrected chi connectivity index (χ0v) is 9.94. The molecule has 1 atom stereocenters. The smallest absolute Gasteiger partial charge is 0.155 e. The number of carbonyl (C=O) groups excluding carboxylic acids is 1. The monoisotopic (exact) mass is 218 g/mol. The molecule has 0 amide bonds. The zero-order chi connectivity index (χ0) is 11.5. The van der Waals surface area contributed by atoms with E-state index >= 15 is 0 Å². The summed E-state index contributed by atoms with van der Waals surface area (Å²) in [6, 6.07) is 2.50. The van der Waals surface area contributed by atoms with Gasteiger partial charge in [0.05, 0.1) is 5.69 Å². The normalized spacial score (nSPS) is 17.6. The van der Waals surface area contributed by atoms with Crippen LogP contribution >= 0.6 is 0 Å². The Bertz CT molecular complexity index is 417. The Morgan fingerprint density at radius 2 is 2.31 bits per heavy atom. The average molecular weight is 218 g/mol. The molecule has 1 heterocycles. The Balaban J connectivity index is 2.03. The van der Waals surface area contributed by atoms with E-state index in [0.29, 0.717) is 12.5 Å². The van der Waals surface area contributed by atoms with Crippen molar-refractivity contribution in [2.75, 3.05) is 0 Å². The molecule has 16 heavy (non-hydrogen) atoms. The molecular weight excluding hydrogens is 200 g/mol. The number of hydrogen-bond donors (Lipinski definition) is 0. The summed E-state index contributed by atoms with van der Waals surface area (Å²) in [5.41, 5.74) is 2.29. The Labute approximate surface area is 96.2 Å². The third kappa shape index (κ3) is 2.40. The first-order valence-corrected chi connectivity index (χ1v) is 5.95. The van der Waals surface area contributed by atoms with Crippen molar-refractivity contribution in [3.05, 3.63) is 29.6 Å². The Morgan fingerprint density at radius 1 is 1.50 bits per heavy atom. The predicted molar refractivity (Wildman–Crippen MR) is 63.3 cm³/mol. The predicted octanol–water partition coefficient (Wildman–Crippen LogP) is 2.69. The summed E-state index contributed by atoms with van der Waals surface area (Å²) < 4.78 is 2.01. The van der Waals surface area contributed by atoms with Gasteiger partial charge in [-0.2, -0.15) is 5.10 Å². The highest BCUT2D eigenvalue weighted by atomic mass is 16.1. The lowest BCUT2D eigenvalue weighted by Gasteiger charge is -2.08. The molecular formula is C13H18N2O. The minimum Gasteiger partial charge on any atom is -0.295 e. The van der Waals surface area contributed by atoms with Crippen LogP contribution in [-0.4, -0.2) is 15.6 Å². The van der Waals surface area contributed by atoms with Crippen LogP contribution in [0.4, 0.5) is 0 Å². The van der Waals surface area contributed by atoms with Crippen molar-refractivity contribution >= 4 is 5.78 Å². The molecule has 0 aliphatic heterocycles. The minimum absolute atomic E-state index is 0.261. The van der Waals surface area contributed by atoms with Crippen molar-refractivity contribution in [1.82, 2.24) is 9.78 Å². The summed E-state index contributed by atoms with van der Waals surface area (Å²) in [5.74, 6) is 0.261. The third-order valence-electron chi connectivity index (χ3n) is 3.17. The molecule has 0 aromatic carbocycles. The first kappa shape index (κ1) is 11.1. The fourth-order valence-electron chi connectivity index (χ4n) is 1.93. The quantitative estimate of drug-likeness (QED) is 0.778. The van der Waals surface area contributed by atoms with E-state index < -0.39 is 0 Å². The molecule has 1 aliphatic rings. The molecule has 0 spiro atoms. The molecule has 3 heteroatoms. The lowest BCUT2D eigenvalue weighted by molar-refractivity contribution is -0.114. The van der Waals surface area contributed by atoms with Crippen molar-refractivity contribution in [2.24, 2.45) is 0 Å². The molecule has 1 unspecified atom stereocenters. The van der Waals surface area contributed by atoms with E-state index in [0.717, 1.165) is 25.0 Å². The summed E-state index contributed by atoms with van der Waals surface area (Å²) in [5, 5.41) is 4.53. The summed E-state index contributed by atoms with van der Waals surface area (Å²) >= 11 is 0. The van der Waals surface area contributed by atoms with E-state index in [1.54, 1.807) is 6.08 Å². The molecule has 0 saturated heterocycles. The van der Waals surface area contributed by atoms with Crippen LogP contribution < -0.4 is 0 Å². The van der Waals surface area contributed by atoms with Crippen molar-refractivity contribution in [1.29, 1.82) is 0 Å². The van der Waals surface area contributed by atoms with E-state index in [9.17, 15) is 4.79 Å². The van der Waals surface area contributed by atoms with Gasteiger partial charge < -0.3 is 0 Å². The number of carbonyl (C=O) groups is 1. The van der Waals surface area contributed by atoms with E-state index in [2.05, 4.69) is 25.0 Å². The maximum absolute atomic E-state index is 11.1. The highest BCUT2D eigenvalue weighted by Crippen LogP contribution is 2.19. The SMILES string of the molecule is CCC(C)n1ccc(CC2=CC(=O)CC2)n1. The molecule has 1 aromatic heterocycles. The van der Waals surface area contributed by atoms with Gasteiger partial charge in [0, 0.05) is 25.1 Å². The highest BCUT2D eigenvalue weighted by Gasteiger charge is 2.13. The van der Waals surface area contributed by atoms with Gasteiger partial charge in [-0.25, -0.2) is 0 Å². The van der Waals surface area contributed by atoms with Gasteiger partial charge in [-0.3, -0.25) is 9.48 Å². The second-order valence-corrected chi connectivity index (χ2v) is 4.49. The Kier molecular flexibility index (Phi) is 3.22. The number of aromatic nitrogens is 2. The van der Waals surface area contributed by atoms with Gasteiger partial charge in [-0.05, 0) is 31.9 Å². The van der Waals surface area contributed by atoms with Crippen molar-refractivity contribution in [2.45, 2.75) is 45.6 Å². The number of ketones is 1. The maximum atomic E-state index is 11.1. The van der Waals surface area contributed by atoms with Crippen molar-refractivity contribution in [3.63, 3.8) is 0 Å². The van der Waals surface area contributed by atoms with Gasteiger partial charge in [-0.1, -0.05) is 12.5 Å². The summed E-state index contributed by atoms with van der Waals surface area (Å²) in [4.78, 5) is 11.1. The number of nitrogens with zero attached hydrogens (tertiary/aromatic N) is 2. The zero-order valence-electron chi connectivity index (χ0n) is 9.94. The first-order chi connectivity index (χ1) is 7.69. The van der Waals surface area contributed by atoms with E-state index in [1.165, 1.54) is 5.57 Å². The van der Waals surface area contributed by atoms with Crippen molar-refractivity contribution < 1.29 is 4.79 Å². The lowest BCUT2D eigenvalue weighted by Crippen LogP contribution is -2.04. The number of hydrogen-bond acceptors (Lipinski definition) is 2. The fraction of sp³-hybridized carbons (Fsp3) is 0.538.